The second-order valence-corrected chi connectivity index (χ2v) is 5.26. The summed E-state index contributed by atoms with van der Waals surface area (Å²) in [6.07, 6.45) is 0. The van der Waals surface area contributed by atoms with Gasteiger partial charge in [0.25, 0.3) is 0 Å². The van der Waals surface area contributed by atoms with Gasteiger partial charge < -0.3 is 0 Å². The average Bonchev–Trinajstić information content (AvgIpc) is 2.87. The molecule has 0 atom stereocenters. The normalized spacial score (nSPS) is 14.2. The monoisotopic (exact) mass is 272 g/mol. The van der Waals surface area contributed by atoms with E-state index >= 15 is 0 Å². The molecule has 2 aromatic rings. The Morgan fingerprint density at radius 3 is 2.40 bits per heavy atom. The molecule has 0 N–H and O–H groups in total. The fourth-order valence-electron chi connectivity index (χ4n) is 2.43. The maximum atomic E-state index is 12.5. The maximum Gasteiger partial charge on any atom is 0.364 e. The third-order valence-electron chi connectivity index (χ3n) is 3.43. The maximum absolute atomic E-state index is 12.5. The van der Waals surface area contributed by atoms with Gasteiger partial charge in [-0.2, -0.15) is 9.67 Å². The van der Waals surface area contributed by atoms with Crippen LogP contribution in [0, 0.1) is 6.92 Å². The highest BCUT2D eigenvalue weighted by Gasteiger charge is 2.33. The van der Waals surface area contributed by atoms with E-state index in [1.54, 1.807) is 4.90 Å². The molecule has 6 heteroatoms. The van der Waals surface area contributed by atoms with E-state index in [4.69, 9.17) is 0 Å². The lowest BCUT2D eigenvalue weighted by Crippen LogP contribution is -2.34. The highest BCUT2D eigenvalue weighted by Crippen LogP contribution is 2.23. The first-order chi connectivity index (χ1) is 9.49. The zero-order valence-electron chi connectivity index (χ0n) is 11.7. The standard InChI is InChI=1S/C14H16N4O2/c1-9(2)17-13(19)15-12-8-16(14(20)18(12)17)11-6-4-10(3)5-7-11/h4-7,9H,8H2,1-3H3. The molecule has 1 aromatic carbocycles. The Hall–Kier alpha value is -2.37. The van der Waals surface area contributed by atoms with Gasteiger partial charge in [0, 0.05) is 5.69 Å². The van der Waals surface area contributed by atoms with Crippen molar-refractivity contribution < 1.29 is 4.79 Å². The van der Waals surface area contributed by atoms with E-state index in [-0.39, 0.29) is 17.8 Å². The number of carbonyl (C=O) groups excluding carboxylic acids is 1. The van der Waals surface area contributed by atoms with Crippen LogP contribution >= 0.6 is 0 Å². The van der Waals surface area contributed by atoms with Gasteiger partial charge in [-0.05, 0) is 32.9 Å². The smallest absolute Gasteiger partial charge is 0.285 e. The number of aryl methyl sites for hydroxylation is 1. The SMILES string of the molecule is Cc1ccc(N2Cc3nc(=O)n(C(C)C)n3C2=O)cc1. The molecule has 0 radical (unpaired) electrons. The Labute approximate surface area is 116 Å². The number of hydrogen-bond donors (Lipinski definition) is 0. The van der Waals surface area contributed by atoms with Crippen molar-refractivity contribution in [2.45, 2.75) is 33.4 Å². The second kappa shape index (κ2) is 4.33. The van der Waals surface area contributed by atoms with E-state index in [1.807, 2.05) is 45.0 Å². The average molecular weight is 272 g/mol. The van der Waals surface area contributed by atoms with Gasteiger partial charge in [-0.1, -0.05) is 17.7 Å². The van der Waals surface area contributed by atoms with Gasteiger partial charge in [0.2, 0.25) is 0 Å². The van der Waals surface area contributed by atoms with Crippen molar-refractivity contribution in [1.29, 1.82) is 0 Å². The molecule has 1 aliphatic heterocycles. The summed E-state index contributed by atoms with van der Waals surface area (Å²) >= 11 is 0. The number of fused-ring (bicyclic) bond motifs is 1. The Balaban J connectivity index is 2.04. The minimum Gasteiger partial charge on any atom is -0.285 e. The summed E-state index contributed by atoms with van der Waals surface area (Å²) in [6.45, 7) is 6.05. The molecule has 6 nitrogen and oxygen atoms in total. The van der Waals surface area contributed by atoms with Crippen molar-refractivity contribution in [2.24, 2.45) is 0 Å². The van der Waals surface area contributed by atoms with Crippen LogP contribution in [0.15, 0.2) is 29.1 Å². The van der Waals surface area contributed by atoms with Crippen molar-refractivity contribution in [3.05, 3.63) is 46.1 Å². The van der Waals surface area contributed by atoms with Crippen molar-refractivity contribution in [2.75, 3.05) is 4.90 Å². The predicted molar refractivity (Wildman–Crippen MR) is 75.0 cm³/mol. The molecule has 0 saturated heterocycles. The van der Waals surface area contributed by atoms with Crippen molar-refractivity contribution >= 4 is 11.7 Å². The molecule has 3 rings (SSSR count). The topological polar surface area (TPSA) is 60.1 Å². The van der Waals surface area contributed by atoms with Crippen LogP contribution in [0.25, 0.3) is 0 Å². The first kappa shape index (κ1) is 12.7. The van der Waals surface area contributed by atoms with Crippen LogP contribution < -0.4 is 10.6 Å². The summed E-state index contributed by atoms with van der Waals surface area (Å²) in [4.78, 5) is 29.9. The van der Waals surface area contributed by atoms with Crippen molar-refractivity contribution in [1.82, 2.24) is 14.3 Å². The van der Waals surface area contributed by atoms with Gasteiger partial charge in [0.05, 0.1) is 12.6 Å². The van der Waals surface area contributed by atoms with Crippen LogP contribution in [0.4, 0.5) is 10.5 Å². The third-order valence-corrected chi connectivity index (χ3v) is 3.43. The molecular weight excluding hydrogens is 256 g/mol. The van der Waals surface area contributed by atoms with Crippen LogP contribution in [0.3, 0.4) is 0 Å². The molecule has 0 spiro atoms. The van der Waals surface area contributed by atoms with Crippen molar-refractivity contribution in [3.63, 3.8) is 0 Å². The van der Waals surface area contributed by atoms with E-state index in [0.717, 1.165) is 11.3 Å². The van der Waals surface area contributed by atoms with Crippen LogP contribution in [0.2, 0.25) is 0 Å². The molecule has 1 aliphatic rings. The number of anilines is 1. The van der Waals surface area contributed by atoms with Gasteiger partial charge in [-0.15, -0.1) is 0 Å². The third kappa shape index (κ3) is 1.76. The van der Waals surface area contributed by atoms with Crippen molar-refractivity contribution in [3.8, 4) is 0 Å². The zero-order chi connectivity index (χ0) is 14.4. The minimum atomic E-state index is -0.369. The zero-order valence-corrected chi connectivity index (χ0v) is 11.7. The number of rotatable bonds is 2. The van der Waals surface area contributed by atoms with Gasteiger partial charge in [-0.25, -0.2) is 14.3 Å². The van der Waals surface area contributed by atoms with Crippen LogP contribution in [0.5, 0.6) is 0 Å². The predicted octanol–water partition coefficient (Wildman–Crippen LogP) is 1.92. The van der Waals surface area contributed by atoms with Gasteiger partial charge in [0.15, 0.2) is 5.82 Å². The van der Waals surface area contributed by atoms with E-state index in [9.17, 15) is 9.59 Å². The van der Waals surface area contributed by atoms with E-state index in [0.29, 0.717) is 12.4 Å². The van der Waals surface area contributed by atoms with Gasteiger partial charge in [-0.3, -0.25) is 4.90 Å². The molecule has 20 heavy (non-hydrogen) atoms. The number of hydrogen-bond acceptors (Lipinski definition) is 3. The summed E-state index contributed by atoms with van der Waals surface area (Å²) in [5, 5.41) is 0. The molecule has 0 saturated carbocycles. The second-order valence-electron chi connectivity index (χ2n) is 5.26. The summed E-state index contributed by atoms with van der Waals surface area (Å²) in [6, 6.07) is 7.38. The molecule has 0 aliphatic carbocycles. The fourth-order valence-corrected chi connectivity index (χ4v) is 2.43. The number of aromatic nitrogens is 3. The number of nitrogens with zero attached hydrogens (tertiary/aromatic N) is 4. The minimum absolute atomic E-state index is 0.106. The number of benzene rings is 1. The van der Waals surface area contributed by atoms with Crippen LogP contribution in [0.1, 0.15) is 31.3 Å². The Morgan fingerprint density at radius 2 is 1.80 bits per heavy atom. The van der Waals surface area contributed by atoms with E-state index in [1.165, 1.54) is 9.36 Å². The van der Waals surface area contributed by atoms with E-state index in [2.05, 4.69) is 4.98 Å². The largest absolute Gasteiger partial charge is 0.364 e. The van der Waals surface area contributed by atoms with Gasteiger partial charge >= 0.3 is 11.7 Å². The highest BCUT2D eigenvalue weighted by atomic mass is 16.2. The highest BCUT2D eigenvalue weighted by molar-refractivity contribution is 5.95. The Morgan fingerprint density at radius 1 is 1.15 bits per heavy atom. The Kier molecular flexibility index (Phi) is 2.74. The Bertz CT molecular complexity index is 725. The first-order valence-electron chi connectivity index (χ1n) is 6.58. The molecule has 1 amide bonds. The lowest BCUT2D eigenvalue weighted by molar-refractivity contribution is 0.242. The van der Waals surface area contributed by atoms with Gasteiger partial charge in [0.1, 0.15) is 0 Å². The first-order valence-corrected chi connectivity index (χ1v) is 6.58. The summed E-state index contributed by atoms with van der Waals surface area (Å²) in [5.74, 6) is 0.495. The molecule has 2 heterocycles. The molecule has 104 valence electrons. The molecular formula is C14H16N4O2. The molecule has 0 bridgehead atoms. The summed E-state index contributed by atoms with van der Waals surface area (Å²) in [7, 11) is 0. The fraction of sp³-hybridized carbons (Fsp3) is 0.357. The summed E-state index contributed by atoms with van der Waals surface area (Å²) < 4.78 is 2.78. The summed E-state index contributed by atoms with van der Waals surface area (Å²) in [5.41, 5.74) is 1.58. The van der Waals surface area contributed by atoms with Crippen LogP contribution in [-0.2, 0) is 6.54 Å². The quantitative estimate of drug-likeness (QED) is 0.839. The lowest BCUT2D eigenvalue weighted by atomic mass is 10.2. The molecule has 0 fully saturated rings. The lowest BCUT2D eigenvalue weighted by Gasteiger charge is -2.16. The number of amides is 1. The number of carbonyl (C=O) groups is 1. The van der Waals surface area contributed by atoms with Crippen LogP contribution in [-0.4, -0.2) is 20.4 Å². The molecule has 0 unspecified atom stereocenters. The van der Waals surface area contributed by atoms with E-state index < -0.39 is 0 Å². The molecule has 1 aromatic heterocycles.